The largest absolute Gasteiger partial charge is 0.479 e. The van der Waals surface area contributed by atoms with E-state index in [0.29, 0.717) is 35.0 Å². The molecule has 0 aromatic heterocycles. The number of fused-ring (bicyclic) bond motifs is 2. The second kappa shape index (κ2) is 7.88. The molecule has 29 heavy (non-hydrogen) atoms. The Balaban J connectivity index is 1.62. The van der Waals surface area contributed by atoms with Gasteiger partial charge in [-0.2, -0.15) is 0 Å². The number of ether oxygens (including phenoxy) is 5. The van der Waals surface area contributed by atoms with Crippen LogP contribution in [0.3, 0.4) is 0 Å². The molecule has 2 aliphatic heterocycles. The maximum Gasteiger partial charge on any atom is 0.346 e. The van der Waals surface area contributed by atoms with Crippen molar-refractivity contribution in [2.75, 3.05) is 13.9 Å². The number of rotatable bonds is 4. The third-order valence-electron chi connectivity index (χ3n) is 4.48. The van der Waals surface area contributed by atoms with Crippen molar-refractivity contribution in [1.29, 1.82) is 0 Å². The lowest BCUT2D eigenvalue weighted by Crippen LogP contribution is -2.24. The molecule has 0 N–H and O–H groups in total. The Morgan fingerprint density at radius 3 is 2.90 bits per heavy atom. The van der Waals surface area contributed by atoms with E-state index >= 15 is 0 Å². The van der Waals surface area contributed by atoms with E-state index in [0.717, 1.165) is 10.0 Å². The minimum Gasteiger partial charge on any atom is -0.479 e. The predicted octanol–water partition coefficient (Wildman–Crippen LogP) is 3.87. The average Bonchev–Trinajstić information content (AvgIpc) is 3.02. The van der Waals surface area contributed by atoms with Crippen LogP contribution in [0.25, 0.3) is 6.08 Å². The van der Waals surface area contributed by atoms with E-state index in [1.807, 2.05) is 12.1 Å². The van der Waals surface area contributed by atoms with Gasteiger partial charge in [-0.25, -0.2) is 4.79 Å². The van der Waals surface area contributed by atoms with Gasteiger partial charge in [0.25, 0.3) is 0 Å². The molecule has 1 atom stereocenters. The van der Waals surface area contributed by atoms with Crippen LogP contribution in [0.1, 0.15) is 28.4 Å². The maximum absolute atomic E-state index is 12.8. The molecule has 2 aliphatic rings. The number of carbonyl (C=O) groups is 2. The molecule has 0 unspecified atom stereocenters. The van der Waals surface area contributed by atoms with Gasteiger partial charge in [0.15, 0.2) is 18.7 Å². The second-order valence-corrected chi connectivity index (χ2v) is 7.39. The van der Waals surface area contributed by atoms with Crippen molar-refractivity contribution in [2.45, 2.75) is 19.6 Å². The third-order valence-corrected chi connectivity index (χ3v) is 4.94. The van der Waals surface area contributed by atoms with Gasteiger partial charge in [-0.05, 0) is 37.3 Å². The first-order valence-electron chi connectivity index (χ1n) is 8.82. The zero-order chi connectivity index (χ0) is 20.5. The van der Waals surface area contributed by atoms with E-state index in [1.54, 1.807) is 31.2 Å². The molecule has 0 amide bonds. The number of carbonyl (C=O) groups excluding carboxylic acids is 2. The highest BCUT2D eigenvalue weighted by molar-refractivity contribution is 9.10. The lowest BCUT2D eigenvalue weighted by atomic mass is 10.1. The van der Waals surface area contributed by atoms with Gasteiger partial charge in [0.2, 0.25) is 5.78 Å². The smallest absolute Gasteiger partial charge is 0.346 e. The van der Waals surface area contributed by atoms with E-state index in [1.165, 1.54) is 7.11 Å². The fraction of sp³-hybridized carbons (Fsp3) is 0.238. The molecular formula is C21H17BrO7. The molecule has 2 aromatic carbocycles. The molecular weight excluding hydrogens is 444 g/mol. The van der Waals surface area contributed by atoms with Gasteiger partial charge in [-0.15, -0.1) is 0 Å². The minimum absolute atomic E-state index is 0.152. The van der Waals surface area contributed by atoms with Crippen LogP contribution in [-0.2, 0) is 20.9 Å². The Hall–Kier alpha value is -2.84. The van der Waals surface area contributed by atoms with Crippen molar-refractivity contribution >= 4 is 33.8 Å². The molecule has 2 heterocycles. The number of benzene rings is 2. The summed E-state index contributed by atoms with van der Waals surface area (Å²) in [4.78, 5) is 24.3. The maximum atomic E-state index is 12.8. The Morgan fingerprint density at radius 2 is 2.10 bits per heavy atom. The molecule has 0 bridgehead atoms. The van der Waals surface area contributed by atoms with E-state index in [4.69, 9.17) is 18.9 Å². The molecule has 8 heteroatoms. The number of Topliss-reactive ketones (excluding diaryl/α,β-unsaturated/α-hetero) is 1. The Labute approximate surface area is 175 Å². The molecule has 0 saturated carbocycles. The van der Waals surface area contributed by atoms with E-state index in [2.05, 4.69) is 20.7 Å². The van der Waals surface area contributed by atoms with Crippen molar-refractivity contribution in [3.63, 3.8) is 0 Å². The van der Waals surface area contributed by atoms with Gasteiger partial charge >= 0.3 is 5.97 Å². The highest BCUT2D eigenvalue weighted by Crippen LogP contribution is 2.38. The first kappa shape index (κ1) is 19.5. The van der Waals surface area contributed by atoms with Crippen molar-refractivity contribution in [3.05, 3.63) is 57.3 Å². The second-order valence-electron chi connectivity index (χ2n) is 6.47. The molecule has 0 spiro atoms. The van der Waals surface area contributed by atoms with Crippen LogP contribution in [0.2, 0.25) is 0 Å². The molecule has 2 aromatic rings. The van der Waals surface area contributed by atoms with Crippen molar-refractivity contribution in [1.82, 2.24) is 0 Å². The highest BCUT2D eigenvalue weighted by Gasteiger charge is 2.29. The SMILES string of the molecule is COC(=O)[C@@H](C)Oc1ccc2c(c1)O/C(=C\c1cc(Br)cc3c1OCOC3)C2=O. The third kappa shape index (κ3) is 3.86. The first-order chi connectivity index (χ1) is 14.0. The predicted molar refractivity (Wildman–Crippen MR) is 106 cm³/mol. The molecule has 0 saturated heterocycles. The normalized spacial score (nSPS) is 17.1. The lowest BCUT2D eigenvalue weighted by molar-refractivity contribution is -0.147. The summed E-state index contributed by atoms with van der Waals surface area (Å²) in [5, 5.41) is 0. The van der Waals surface area contributed by atoms with Gasteiger partial charge in [0, 0.05) is 21.7 Å². The van der Waals surface area contributed by atoms with Crippen LogP contribution in [0.4, 0.5) is 0 Å². The quantitative estimate of drug-likeness (QED) is 0.505. The number of methoxy groups -OCH3 is 1. The lowest BCUT2D eigenvalue weighted by Gasteiger charge is -2.20. The monoisotopic (exact) mass is 460 g/mol. The summed E-state index contributed by atoms with van der Waals surface area (Å²) in [5.41, 5.74) is 2.01. The van der Waals surface area contributed by atoms with E-state index in [-0.39, 0.29) is 18.3 Å². The summed E-state index contributed by atoms with van der Waals surface area (Å²) in [6.45, 7) is 2.16. The summed E-state index contributed by atoms with van der Waals surface area (Å²) >= 11 is 3.46. The van der Waals surface area contributed by atoms with Gasteiger partial charge in [0.05, 0.1) is 19.3 Å². The van der Waals surface area contributed by atoms with Gasteiger partial charge in [-0.1, -0.05) is 15.9 Å². The van der Waals surface area contributed by atoms with Gasteiger partial charge in [0.1, 0.15) is 17.2 Å². The van der Waals surface area contributed by atoms with Crippen LogP contribution in [0.15, 0.2) is 40.6 Å². The number of hydrogen-bond acceptors (Lipinski definition) is 7. The average molecular weight is 461 g/mol. The fourth-order valence-corrected chi connectivity index (χ4v) is 3.64. The Bertz CT molecular complexity index is 1030. The molecule has 0 aliphatic carbocycles. The zero-order valence-corrected chi connectivity index (χ0v) is 17.3. The minimum atomic E-state index is -0.780. The molecule has 0 radical (unpaired) electrons. The van der Waals surface area contributed by atoms with Crippen molar-refractivity contribution in [2.24, 2.45) is 0 Å². The molecule has 7 nitrogen and oxygen atoms in total. The summed E-state index contributed by atoms with van der Waals surface area (Å²) in [6.07, 6.45) is 0.868. The van der Waals surface area contributed by atoms with Crippen LogP contribution in [0.5, 0.6) is 17.2 Å². The Kier molecular flexibility index (Phi) is 5.29. The fourth-order valence-electron chi connectivity index (χ4n) is 3.12. The van der Waals surface area contributed by atoms with Gasteiger partial charge in [-0.3, -0.25) is 4.79 Å². The number of hydrogen-bond donors (Lipinski definition) is 0. The van der Waals surface area contributed by atoms with Crippen LogP contribution in [0, 0.1) is 0 Å². The van der Waals surface area contributed by atoms with E-state index in [9.17, 15) is 9.59 Å². The standard InChI is InChI=1S/C21H17BrO7/c1-11(21(24)25-2)28-15-3-4-16-17(8-15)29-18(19(16)23)7-12-5-14(22)6-13-9-26-10-27-20(12)13/h3-8,11H,9-10H2,1-2H3/b18-7-/t11-/m1/s1. The van der Waals surface area contributed by atoms with E-state index < -0.39 is 12.1 Å². The summed E-state index contributed by atoms with van der Waals surface area (Å²) in [6, 6.07) is 8.56. The van der Waals surface area contributed by atoms with Gasteiger partial charge < -0.3 is 23.7 Å². The molecule has 150 valence electrons. The zero-order valence-electron chi connectivity index (χ0n) is 15.7. The van der Waals surface area contributed by atoms with Crippen LogP contribution in [-0.4, -0.2) is 31.8 Å². The highest BCUT2D eigenvalue weighted by atomic mass is 79.9. The molecule has 4 rings (SSSR count). The molecule has 0 fully saturated rings. The van der Waals surface area contributed by atoms with Crippen molar-refractivity contribution in [3.8, 4) is 17.2 Å². The van der Waals surface area contributed by atoms with Crippen LogP contribution >= 0.6 is 15.9 Å². The van der Waals surface area contributed by atoms with Crippen molar-refractivity contribution < 1.29 is 33.3 Å². The summed E-state index contributed by atoms with van der Waals surface area (Å²) in [7, 11) is 1.29. The summed E-state index contributed by atoms with van der Waals surface area (Å²) in [5.74, 6) is 0.864. The number of ketones is 1. The first-order valence-corrected chi connectivity index (χ1v) is 9.61. The number of esters is 1. The topological polar surface area (TPSA) is 80.3 Å². The number of halogens is 1. The summed E-state index contributed by atoms with van der Waals surface area (Å²) < 4.78 is 27.7. The number of allylic oxidation sites excluding steroid dienone is 1. The Morgan fingerprint density at radius 1 is 1.28 bits per heavy atom. The van der Waals surface area contributed by atoms with Crippen LogP contribution < -0.4 is 14.2 Å².